The molecule has 6 heteroatoms. The van der Waals surface area contributed by atoms with Gasteiger partial charge in [0.1, 0.15) is 5.49 Å². The number of amides is 1. The number of hydrogen-bond donors (Lipinski definition) is 2. The van der Waals surface area contributed by atoms with E-state index >= 15 is 0 Å². The summed E-state index contributed by atoms with van der Waals surface area (Å²) in [5.41, 5.74) is 6.47. The largest absolute Gasteiger partial charge is 0.365 e. The second-order valence-electron chi connectivity index (χ2n) is 4.28. The Balaban J connectivity index is 0.00000200. The van der Waals surface area contributed by atoms with Crippen LogP contribution in [0, 0.1) is 5.41 Å². The highest BCUT2D eigenvalue weighted by Gasteiger charge is 2.13. The molecule has 3 N–H and O–H groups in total. The van der Waals surface area contributed by atoms with Gasteiger partial charge in [-0.05, 0) is 18.6 Å². The van der Waals surface area contributed by atoms with Gasteiger partial charge in [0.25, 0.3) is 5.91 Å². The molecular weight excluding hydrogens is 297 g/mol. The number of hydrogen-bond acceptors (Lipinski definition) is 2. The van der Waals surface area contributed by atoms with Crippen LogP contribution in [0.15, 0.2) is 42.6 Å². The Morgan fingerprint density at radius 2 is 1.95 bits per heavy atom. The number of benzene rings is 1. The Morgan fingerprint density at radius 1 is 1.35 bits per heavy atom. The molecule has 0 spiro atoms. The summed E-state index contributed by atoms with van der Waals surface area (Å²) in [5, 5.41) is 8.44. The Morgan fingerprint density at radius 3 is 2.50 bits per heavy atom. The summed E-state index contributed by atoms with van der Waals surface area (Å²) in [6.07, 6.45) is 1.63. The lowest BCUT2D eigenvalue weighted by atomic mass is 10.1. The average Bonchev–Trinajstić information content (AvgIpc) is 2.41. The van der Waals surface area contributed by atoms with Crippen LogP contribution in [0.4, 0.5) is 0 Å². The van der Waals surface area contributed by atoms with E-state index in [-0.39, 0.29) is 29.5 Å². The van der Waals surface area contributed by atoms with Gasteiger partial charge in [-0.25, -0.2) is 0 Å². The molecule has 20 heavy (non-hydrogen) atoms. The summed E-state index contributed by atoms with van der Waals surface area (Å²) in [6.45, 7) is 1.94. The molecule has 0 radical (unpaired) electrons. The monoisotopic (exact) mass is 311 g/mol. The Hall–Kier alpha value is -1.78. The maximum atomic E-state index is 11.3. The van der Waals surface area contributed by atoms with Crippen molar-refractivity contribution in [3.63, 3.8) is 0 Å². The molecule has 106 valence electrons. The number of rotatable bonds is 3. The van der Waals surface area contributed by atoms with Crippen molar-refractivity contribution >= 4 is 29.9 Å². The molecule has 0 unspecified atom stereocenters. The molecule has 2 aromatic rings. The van der Waals surface area contributed by atoms with Crippen LogP contribution in [0.25, 0.3) is 0 Å². The SMILES string of the molecule is C[C@H](c1ccccc1)n1cc(Cl)cc(C(N)=O)c1=N.Cl. The molecule has 1 amide bonds. The number of nitrogens with two attached hydrogens (primary N) is 1. The number of nitrogens with one attached hydrogen (secondary N) is 1. The first-order valence-corrected chi connectivity index (χ1v) is 6.19. The second kappa shape index (κ2) is 6.59. The highest BCUT2D eigenvalue weighted by Crippen LogP contribution is 2.18. The number of carbonyl (C=O) groups excluding carboxylic acids is 1. The van der Waals surface area contributed by atoms with Crippen LogP contribution in [0.3, 0.4) is 0 Å². The second-order valence-corrected chi connectivity index (χ2v) is 4.72. The van der Waals surface area contributed by atoms with E-state index in [9.17, 15) is 4.79 Å². The van der Waals surface area contributed by atoms with Crippen LogP contribution in [-0.4, -0.2) is 10.5 Å². The molecule has 0 bridgehead atoms. The molecule has 1 aromatic heterocycles. The average molecular weight is 312 g/mol. The van der Waals surface area contributed by atoms with Crippen molar-refractivity contribution < 1.29 is 4.79 Å². The maximum absolute atomic E-state index is 11.3. The van der Waals surface area contributed by atoms with E-state index in [0.29, 0.717) is 5.02 Å². The molecule has 1 heterocycles. The summed E-state index contributed by atoms with van der Waals surface area (Å²) in [7, 11) is 0. The van der Waals surface area contributed by atoms with Gasteiger partial charge in [0.05, 0.1) is 16.6 Å². The van der Waals surface area contributed by atoms with Crippen LogP contribution in [0.2, 0.25) is 5.02 Å². The van der Waals surface area contributed by atoms with Gasteiger partial charge in [0, 0.05) is 6.20 Å². The summed E-state index contributed by atoms with van der Waals surface area (Å²) < 4.78 is 1.64. The molecule has 4 nitrogen and oxygen atoms in total. The van der Waals surface area contributed by atoms with Crippen molar-refractivity contribution in [3.05, 3.63) is 64.2 Å². The Bertz CT molecular complexity index is 668. The molecule has 0 aliphatic rings. The summed E-state index contributed by atoms with van der Waals surface area (Å²) in [6, 6.07) is 11.0. The van der Waals surface area contributed by atoms with Crippen LogP contribution >= 0.6 is 24.0 Å². The zero-order chi connectivity index (χ0) is 14.0. The number of halogens is 2. The van der Waals surface area contributed by atoms with Crippen molar-refractivity contribution in [3.8, 4) is 0 Å². The zero-order valence-corrected chi connectivity index (χ0v) is 12.4. The van der Waals surface area contributed by atoms with Gasteiger partial charge in [-0.15, -0.1) is 12.4 Å². The quantitative estimate of drug-likeness (QED) is 0.898. The first-order chi connectivity index (χ1) is 9.00. The van der Waals surface area contributed by atoms with E-state index in [2.05, 4.69) is 0 Å². The third-order valence-electron chi connectivity index (χ3n) is 3.02. The first-order valence-electron chi connectivity index (χ1n) is 5.81. The summed E-state index contributed by atoms with van der Waals surface area (Å²) in [4.78, 5) is 11.3. The van der Waals surface area contributed by atoms with Crippen LogP contribution in [0.1, 0.15) is 28.9 Å². The van der Waals surface area contributed by atoms with Gasteiger partial charge >= 0.3 is 0 Å². The van der Waals surface area contributed by atoms with Gasteiger partial charge in [-0.2, -0.15) is 0 Å². The number of primary amides is 1. The van der Waals surface area contributed by atoms with Crippen molar-refractivity contribution in [2.24, 2.45) is 5.73 Å². The number of pyridine rings is 1. The van der Waals surface area contributed by atoms with E-state index in [1.165, 1.54) is 6.07 Å². The fraction of sp³-hybridized carbons (Fsp3) is 0.143. The van der Waals surface area contributed by atoms with Crippen LogP contribution in [0.5, 0.6) is 0 Å². The molecule has 0 fully saturated rings. The molecule has 1 aromatic carbocycles. The molecule has 1 atom stereocenters. The number of carbonyl (C=O) groups is 1. The third kappa shape index (κ3) is 3.21. The predicted molar refractivity (Wildman–Crippen MR) is 81.3 cm³/mol. The van der Waals surface area contributed by atoms with Gasteiger partial charge in [0.2, 0.25) is 0 Å². The topological polar surface area (TPSA) is 71.9 Å². The van der Waals surface area contributed by atoms with Crippen LogP contribution < -0.4 is 11.2 Å². The number of aromatic nitrogens is 1. The molecule has 2 rings (SSSR count). The first kappa shape index (κ1) is 16.3. The van der Waals surface area contributed by atoms with Gasteiger partial charge in [-0.1, -0.05) is 41.9 Å². The van der Waals surface area contributed by atoms with E-state index in [4.69, 9.17) is 22.7 Å². The zero-order valence-electron chi connectivity index (χ0n) is 10.8. The minimum atomic E-state index is -0.651. The smallest absolute Gasteiger partial charge is 0.252 e. The summed E-state index contributed by atoms with van der Waals surface area (Å²) in [5.74, 6) is -0.651. The van der Waals surface area contributed by atoms with E-state index < -0.39 is 5.91 Å². The molecular formula is C14H15Cl2N3O. The molecule has 0 aliphatic carbocycles. The van der Waals surface area contributed by atoms with Gasteiger partial charge in [-0.3, -0.25) is 10.2 Å². The van der Waals surface area contributed by atoms with Gasteiger partial charge < -0.3 is 10.3 Å². The van der Waals surface area contributed by atoms with Crippen molar-refractivity contribution in [1.82, 2.24) is 4.57 Å². The third-order valence-corrected chi connectivity index (χ3v) is 3.23. The van der Waals surface area contributed by atoms with Crippen molar-refractivity contribution in [2.75, 3.05) is 0 Å². The maximum Gasteiger partial charge on any atom is 0.252 e. The number of nitrogens with zero attached hydrogens (tertiary/aromatic N) is 1. The van der Waals surface area contributed by atoms with Gasteiger partial charge in [0.15, 0.2) is 0 Å². The lowest BCUT2D eigenvalue weighted by molar-refractivity contribution is 0.0997. The normalized spacial score (nSPS) is 11.5. The standard InChI is InChI=1S/C14H14ClN3O.ClH/c1-9(10-5-3-2-4-6-10)18-8-11(15)7-12(13(18)16)14(17)19;/h2-9,16H,1H3,(H2,17,19);1H/t9-;/m1./s1. The fourth-order valence-corrected chi connectivity index (χ4v) is 2.18. The van der Waals surface area contributed by atoms with Crippen molar-refractivity contribution in [2.45, 2.75) is 13.0 Å². The molecule has 0 saturated heterocycles. The Kier molecular flexibility index (Phi) is 5.36. The van der Waals surface area contributed by atoms with Crippen molar-refractivity contribution in [1.29, 1.82) is 5.41 Å². The molecule has 0 saturated carbocycles. The lowest BCUT2D eigenvalue weighted by Crippen LogP contribution is -2.31. The van der Waals surface area contributed by atoms with E-state index in [0.717, 1.165) is 5.56 Å². The predicted octanol–water partition coefficient (Wildman–Crippen LogP) is 2.75. The molecule has 0 aliphatic heterocycles. The lowest BCUT2D eigenvalue weighted by Gasteiger charge is -2.18. The minimum Gasteiger partial charge on any atom is -0.365 e. The van der Waals surface area contributed by atoms with E-state index in [1.807, 2.05) is 37.3 Å². The minimum absolute atomic E-state index is 0. The highest BCUT2D eigenvalue weighted by molar-refractivity contribution is 6.30. The van der Waals surface area contributed by atoms with Crippen LogP contribution in [-0.2, 0) is 0 Å². The summed E-state index contributed by atoms with van der Waals surface area (Å²) >= 11 is 5.99. The fourth-order valence-electron chi connectivity index (χ4n) is 1.97. The highest BCUT2D eigenvalue weighted by atomic mass is 35.5. The Labute approximate surface area is 128 Å². The van der Waals surface area contributed by atoms with E-state index in [1.54, 1.807) is 10.8 Å².